The Balaban J connectivity index is 1.61. The summed E-state index contributed by atoms with van der Waals surface area (Å²) >= 11 is 2.66. The van der Waals surface area contributed by atoms with Crippen LogP contribution in [0.1, 0.15) is 12.7 Å². The van der Waals surface area contributed by atoms with Crippen molar-refractivity contribution in [3.8, 4) is 11.3 Å². The zero-order valence-electron chi connectivity index (χ0n) is 16.7. The van der Waals surface area contributed by atoms with Gasteiger partial charge in [-0.05, 0) is 13.8 Å². The van der Waals surface area contributed by atoms with Crippen LogP contribution in [-0.4, -0.2) is 39.5 Å². The van der Waals surface area contributed by atoms with Gasteiger partial charge in [-0.1, -0.05) is 41.6 Å². The maximum atomic E-state index is 12.8. The van der Waals surface area contributed by atoms with Crippen LogP contribution >= 0.6 is 23.1 Å². The van der Waals surface area contributed by atoms with Crippen molar-refractivity contribution >= 4 is 45.9 Å². The maximum absolute atomic E-state index is 12.8. The van der Waals surface area contributed by atoms with Gasteiger partial charge in [-0.3, -0.25) is 14.5 Å². The molecule has 1 aromatic carbocycles. The van der Waals surface area contributed by atoms with Crippen LogP contribution in [0.3, 0.4) is 0 Å². The molecule has 3 aromatic rings. The summed E-state index contributed by atoms with van der Waals surface area (Å²) in [6.07, 6.45) is 1.66. The Kier molecular flexibility index (Phi) is 7.42. The number of amides is 2. The molecule has 0 aliphatic rings. The number of rotatable bonds is 9. The molecule has 0 aliphatic heterocycles. The molecule has 30 heavy (non-hydrogen) atoms. The number of aryl methyl sites for hydroxylation is 1. The number of carbonyl (C=O) groups excluding carboxylic acids is 2. The Hall–Kier alpha value is -2.91. The average molecular weight is 443 g/mol. The quantitative estimate of drug-likeness (QED) is 0.495. The van der Waals surface area contributed by atoms with E-state index in [1.54, 1.807) is 30.9 Å². The number of carbonyl (C=O) groups is 2. The van der Waals surface area contributed by atoms with E-state index in [0.29, 0.717) is 23.3 Å². The van der Waals surface area contributed by atoms with Gasteiger partial charge in [0.25, 0.3) is 0 Å². The van der Waals surface area contributed by atoms with Crippen molar-refractivity contribution in [3.63, 3.8) is 0 Å². The first-order chi connectivity index (χ1) is 14.5. The molecule has 0 saturated carbocycles. The third kappa shape index (κ3) is 5.58. The molecule has 1 atom stereocenters. The summed E-state index contributed by atoms with van der Waals surface area (Å²) in [5.74, 6) is 0.739. The van der Waals surface area contributed by atoms with E-state index in [0.717, 1.165) is 11.3 Å². The van der Waals surface area contributed by atoms with Crippen molar-refractivity contribution in [2.45, 2.75) is 19.1 Å². The highest BCUT2D eigenvalue weighted by Crippen LogP contribution is 2.28. The van der Waals surface area contributed by atoms with E-state index in [1.807, 2.05) is 35.7 Å². The fourth-order valence-corrected chi connectivity index (χ4v) is 4.17. The van der Waals surface area contributed by atoms with Crippen LogP contribution in [0.15, 0.2) is 59.0 Å². The van der Waals surface area contributed by atoms with Crippen LogP contribution < -0.4 is 10.2 Å². The summed E-state index contributed by atoms with van der Waals surface area (Å²) < 4.78 is 4.94. The number of nitrogens with one attached hydrogen (secondary N) is 1. The first kappa shape index (κ1) is 21.8. The lowest BCUT2D eigenvalue weighted by molar-refractivity contribution is -0.116. The highest BCUT2D eigenvalue weighted by molar-refractivity contribution is 8.01. The smallest absolute Gasteiger partial charge is 0.239 e. The number of benzene rings is 1. The topological polar surface area (TPSA) is 88.3 Å². The number of nitrogens with zero attached hydrogens (tertiary/aromatic N) is 3. The van der Waals surface area contributed by atoms with E-state index in [4.69, 9.17) is 4.52 Å². The lowest BCUT2D eigenvalue weighted by Gasteiger charge is -2.19. The van der Waals surface area contributed by atoms with Gasteiger partial charge in [0, 0.05) is 23.6 Å². The molecular weight excluding hydrogens is 420 g/mol. The van der Waals surface area contributed by atoms with Crippen molar-refractivity contribution in [2.24, 2.45) is 0 Å². The van der Waals surface area contributed by atoms with Crippen LogP contribution in [-0.2, 0) is 9.59 Å². The molecule has 0 bridgehead atoms. The van der Waals surface area contributed by atoms with Gasteiger partial charge in [-0.15, -0.1) is 29.7 Å². The standard InChI is InChI=1S/C21H22N4O3S2/c1-4-10-25(21-22-17(12-30-21)16-8-6-5-7-9-16)19(26)13-29-15(3)20(27)23-18-11-14(2)28-24-18/h4-9,11-12,15H,1,10,13H2,2-3H3,(H,23,24,27). The molecule has 2 aromatic heterocycles. The van der Waals surface area contributed by atoms with Gasteiger partial charge in [0.2, 0.25) is 11.8 Å². The molecule has 156 valence electrons. The summed E-state index contributed by atoms with van der Waals surface area (Å²) in [7, 11) is 0. The van der Waals surface area contributed by atoms with Crippen LogP contribution in [0.4, 0.5) is 10.9 Å². The van der Waals surface area contributed by atoms with Crippen molar-refractivity contribution in [1.82, 2.24) is 10.1 Å². The van der Waals surface area contributed by atoms with Gasteiger partial charge in [-0.25, -0.2) is 4.98 Å². The van der Waals surface area contributed by atoms with Gasteiger partial charge in [-0.2, -0.15) is 0 Å². The van der Waals surface area contributed by atoms with Gasteiger partial charge in [0.05, 0.1) is 16.7 Å². The number of anilines is 2. The fraction of sp³-hybridized carbons (Fsp3) is 0.238. The Morgan fingerprint density at radius 3 is 2.80 bits per heavy atom. The second-order valence-electron chi connectivity index (χ2n) is 6.44. The molecule has 2 amide bonds. The molecule has 2 heterocycles. The highest BCUT2D eigenvalue weighted by Gasteiger charge is 2.22. The third-order valence-corrected chi connectivity index (χ3v) is 6.10. The minimum absolute atomic E-state index is 0.134. The summed E-state index contributed by atoms with van der Waals surface area (Å²) in [6, 6.07) is 11.4. The summed E-state index contributed by atoms with van der Waals surface area (Å²) in [5, 5.41) is 8.52. The van der Waals surface area contributed by atoms with Gasteiger partial charge in [0.1, 0.15) is 5.76 Å². The first-order valence-corrected chi connectivity index (χ1v) is 11.2. The molecule has 0 radical (unpaired) electrons. The SMILES string of the molecule is C=CCN(C(=O)CSC(C)C(=O)Nc1cc(C)on1)c1nc(-c2ccccc2)cs1. The minimum Gasteiger partial charge on any atom is -0.360 e. The molecule has 0 aliphatic carbocycles. The second kappa shape index (κ2) is 10.2. The Morgan fingerprint density at radius 2 is 2.13 bits per heavy atom. The number of thiazole rings is 1. The van der Waals surface area contributed by atoms with Crippen LogP contribution in [0, 0.1) is 6.92 Å². The van der Waals surface area contributed by atoms with Crippen LogP contribution in [0.25, 0.3) is 11.3 Å². The Morgan fingerprint density at radius 1 is 1.37 bits per heavy atom. The lowest BCUT2D eigenvalue weighted by Crippen LogP contribution is -2.34. The van der Waals surface area contributed by atoms with E-state index in [9.17, 15) is 9.59 Å². The summed E-state index contributed by atoms with van der Waals surface area (Å²) in [4.78, 5) is 31.3. The molecule has 0 saturated heterocycles. The lowest BCUT2D eigenvalue weighted by atomic mass is 10.2. The largest absolute Gasteiger partial charge is 0.360 e. The van der Waals surface area contributed by atoms with E-state index >= 15 is 0 Å². The molecule has 1 unspecified atom stereocenters. The number of hydrogen-bond acceptors (Lipinski definition) is 7. The zero-order chi connectivity index (χ0) is 21.5. The monoisotopic (exact) mass is 442 g/mol. The Bertz CT molecular complexity index is 1020. The second-order valence-corrected chi connectivity index (χ2v) is 8.61. The predicted molar refractivity (Wildman–Crippen MR) is 122 cm³/mol. The van der Waals surface area contributed by atoms with E-state index in [1.165, 1.54) is 23.1 Å². The zero-order valence-corrected chi connectivity index (χ0v) is 18.3. The fourth-order valence-electron chi connectivity index (χ4n) is 2.55. The normalized spacial score (nSPS) is 11.7. The van der Waals surface area contributed by atoms with Crippen LogP contribution in [0.5, 0.6) is 0 Å². The van der Waals surface area contributed by atoms with Crippen molar-refractivity contribution in [1.29, 1.82) is 0 Å². The van der Waals surface area contributed by atoms with Crippen molar-refractivity contribution in [3.05, 3.63) is 60.2 Å². The minimum atomic E-state index is -0.437. The summed E-state index contributed by atoms with van der Waals surface area (Å²) in [5.41, 5.74) is 1.81. The highest BCUT2D eigenvalue weighted by atomic mass is 32.2. The van der Waals surface area contributed by atoms with E-state index in [-0.39, 0.29) is 17.6 Å². The van der Waals surface area contributed by atoms with E-state index < -0.39 is 5.25 Å². The number of thioether (sulfide) groups is 1. The molecule has 3 rings (SSSR count). The molecule has 1 N–H and O–H groups in total. The number of hydrogen-bond donors (Lipinski definition) is 1. The van der Waals surface area contributed by atoms with Gasteiger partial charge < -0.3 is 9.84 Å². The maximum Gasteiger partial charge on any atom is 0.239 e. The van der Waals surface area contributed by atoms with E-state index in [2.05, 4.69) is 22.0 Å². The average Bonchev–Trinajstić information content (AvgIpc) is 3.39. The van der Waals surface area contributed by atoms with Gasteiger partial charge in [0.15, 0.2) is 10.9 Å². The molecule has 0 spiro atoms. The molecular formula is C21H22N4O3S2. The molecule has 0 fully saturated rings. The van der Waals surface area contributed by atoms with Crippen LogP contribution in [0.2, 0.25) is 0 Å². The third-order valence-electron chi connectivity index (χ3n) is 4.11. The van der Waals surface area contributed by atoms with Crippen molar-refractivity contribution < 1.29 is 14.1 Å². The summed E-state index contributed by atoms with van der Waals surface area (Å²) in [6.45, 7) is 7.58. The Labute approximate surface area is 183 Å². The molecule has 9 heteroatoms. The predicted octanol–water partition coefficient (Wildman–Crippen LogP) is 4.39. The van der Waals surface area contributed by atoms with Gasteiger partial charge >= 0.3 is 0 Å². The van der Waals surface area contributed by atoms with Crippen molar-refractivity contribution in [2.75, 3.05) is 22.5 Å². The molecule has 7 nitrogen and oxygen atoms in total. The number of aromatic nitrogens is 2. The first-order valence-electron chi connectivity index (χ1n) is 9.26.